The number of benzene rings is 2. The van der Waals surface area contributed by atoms with E-state index in [1.807, 2.05) is 43.3 Å². The molecule has 0 aliphatic rings. The summed E-state index contributed by atoms with van der Waals surface area (Å²) in [4.78, 5) is 24.1. The fourth-order valence-corrected chi connectivity index (χ4v) is 2.42. The van der Waals surface area contributed by atoms with Crippen molar-refractivity contribution in [2.24, 2.45) is 0 Å². The van der Waals surface area contributed by atoms with Crippen molar-refractivity contribution < 1.29 is 14.3 Å². The fraction of sp³-hybridized carbons (Fsp3) is 0.333. The van der Waals surface area contributed by atoms with Gasteiger partial charge in [-0.3, -0.25) is 20.4 Å². The number of carbonyl (C=O) groups excluding carboxylic acids is 2. The molecule has 0 aliphatic carbocycles. The average Bonchev–Trinajstić information content (AvgIpc) is 2.61. The lowest BCUT2D eigenvalue weighted by Crippen LogP contribution is -2.42. The van der Waals surface area contributed by atoms with E-state index in [0.29, 0.717) is 12.2 Å². The van der Waals surface area contributed by atoms with Gasteiger partial charge in [0.15, 0.2) is 0 Å². The van der Waals surface area contributed by atoms with E-state index in [1.54, 1.807) is 12.1 Å². The molecule has 0 unspecified atom stereocenters. The second-order valence-electron chi connectivity index (χ2n) is 7.08. The van der Waals surface area contributed by atoms with Gasteiger partial charge in [0.25, 0.3) is 5.91 Å². The lowest BCUT2D eigenvalue weighted by molar-refractivity contribution is -0.121. The summed E-state index contributed by atoms with van der Waals surface area (Å²) in [5.41, 5.74) is 7.41. The first-order valence-electron chi connectivity index (χ1n) is 8.71. The zero-order valence-electron chi connectivity index (χ0n) is 15.8. The SMILES string of the molecule is CCOc1ccc(CC(=O)NNC(=O)c2ccc(C(C)(C)C)cc2)cc1. The van der Waals surface area contributed by atoms with Gasteiger partial charge < -0.3 is 4.74 Å². The normalized spacial score (nSPS) is 10.9. The van der Waals surface area contributed by atoms with Gasteiger partial charge in [-0.25, -0.2) is 0 Å². The molecule has 2 amide bonds. The van der Waals surface area contributed by atoms with Gasteiger partial charge in [-0.1, -0.05) is 45.0 Å². The molecule has 5 heteroatoms. The maximum absolute atomic E-state index is 12.1. The van der Waals surface area contributed by atoms with Crippen LogP contribution in [0.3, 0.4) is 0 Å². The molecule has 0 radical (unpaired) electrons. The maximum atomic E-state index is 12.1. The molecule has 0 saturated heterocycles. The van der Waals surface area contributed by atoms with E-state index in [1.165, 1.54) is 0 Å². The van der Waals surface area contributed by atoms with Gasteiger partial charge in [0.05, 0.1) is 13.0 Å². The molecule has 2 aromatic rings. The van der Waals surface area contributed by atoms with Crippen LogP contribution in [0.25, 0.3) is 0 Å². The number of hydrogen-bond donors (Lipinski definition) is 2. The highest BCUT2D eigenvalue weighted by molar-refractivity contribution is 5.95. The molecular formula is C21H26N2O3. The Labute approximate surface area is 154 Å². The van der Waals surface area contributed by atoms with Crippen LogP contribution in [0.15, 0.2) is 48.5 Å². The quantitative estimate of drug-likeness (QED) is 0.809. The summed E-state index contributed by atoms with van der Waals surface area (Å²) in [7, 11) is 0. The lowest BCUT2D eigenvalue weighted by atomic mass is 9.87. The highest BCUT2D eigenvalue weighted by Gasteiger charge is 2.14. The van der Waals surface area contributed by atoms with Gasteiger partial charge in [-0.2, -0.15) is 0 Å². The molecule has 5 nitrogen and oxygen atoms in total. The highest BCUT2D eigenvalue weighted by Crippen LogP contribution is 2.22. The minimum Gasteiger partial charge on any atom is -0.494 e. The molecule has 2 aromatic carbocycles. The van der Waals surface area contributed by atoms with Crippen molar-refractivity contribution in [3.8, 4) is 5.75 Å². The van der Waals surface area contributed by atoms with Crippen LogP contribution in [0.2, 0.25) is 0 Å². The molecule has 2 N–H and O–H groups in total. The van der Waals surface area contributed by atoms with Crippen LogP contribution in [0.1, 0.15) is 49.2 Å². The molecule has 26 heavy (non-hydrogen) atoms. The van der Waals surface area contributed by atoms with Crippen LogP contribution < -0.4 is 15.6 Å². The van der Waals surface area contributed by atoms with Gasteiger partial charge in [-0.15, -0.1) is 0 Å². The summed E-state index contributed by atoms with van der Waals surface area (Å²) in [6.45, 7) is 8.86. The van der Waals surface area contributed by atoms with Gasteiger partial charge in [-0.05, 0) is 47.7 Å². The Balaban J connectivity index is 1.85. The maximum Gasteiger partial charge on any atom is 0.269 e. The first kappa shape index (κ1) is 19.5. The molecule has 0 aromatic heterocycles. The average molecular weight is 354 g/mol. The smallest absolute Gasteiger partial charge is 0.269 e. The molecule has 0 atom stereocenters. The van der Waals surface area contributed by atoms with E-state index < -0.39 is 0 Å². The number of rotatable bonds is 5. The zero-order chi connectivity index (χ0) is 19.2. The molecule has 0 bridgehead atoms. The van der Waals surface area contributed by atoms with Crippen molar-refractivity contribution in [2.75, 3.05) is 6.61 Å². The number of amides is 2. The molecule has 138 valence electrons. The van der Waals surface area contributed by atoms with Crippen molar-refractivity contribution in [1.82, 2.24) is 10.9 Å². The molecular weight excluding hydrogens is 328 g/mol. The van der Waals surface area contributed by atoms with E-state index in [2.05, 4.69) is 31.6 Å². The van der Waals surface area contributed by atoms with E-state index in [0.717, 1.165) is 16.9 Å². The minimum atomic E-state index is -0.342. The molecule has 2 rings (SSSR count). The Hall–Kier alpha value is -2.82. The summed E-state index contributed by atoms with van der Waals surface area (Å²) < 4.78 is 5.37. The first-order chi connectivity index (χ1) is 12.3. The van der Waals surface area contributed by atoms with Crippen LogP contribution in [-0.4, -0.2) is 18.4 Å². The Morgan fingerprint density at radius 1 is 0.923 bits per heavy atom. The van der Waals surface area contributed by atoms with E-state index >= 15 is 0 Å². The fourth-order valence-electron chi connectivity index (χ4n) is 2.42. The third kappa shape index (κ3) is 5.62. The molecule has 0 heterocycles. The van der Waals surface area contributed by atoms with Crippen LogP contribution in [0.4, 0.5) is 0 Å². The third-order valence-electron chi connectivity index (χ3n) is 3.93. The van der Waals surface area contributed by atoms with E-state index in [4.69, 9.17) is 4.74 Å². The minimum absolute atomic E-state index is 0.0287. The van der Waals surface area contributed by atoms with Crippen LogP contribution >= 0.6 is 0 Å². The summed E-state index contributed by atoms with van der Waals surface area (Å²) in [6.07, 6.45) is 0.176. The summed E-state index contributed by atoms with van der Waals surface area (Å²) >= 11 is 0. The molecule has 0 spiro atoms. The predicted molar refractivity (Wildman–Crippen MR) is 102 cm³/mol. The Morgan fingerprint density at radius 3 is 2.08 bits per heavy atom. The number of nitrogens with one attached hydrogen (secondary N) is 2. The van der Waals surface area contributed by atoms with Crippen LogP contribution in [-0.2, 0) is 16.6 Å². The second kappa shape index (κ2) is 8.52. The van der Waals surface area contributed by atoms with Crippen molar-refractivity contribution in [3.05, 3.63) is 65.2 Å². The number of ether oxygens (including phenoxy) is 1. The highest BCUT2D eigenvalue weighted by atomic mass is 16.5. The Bertz CT molecular complexity index is 744. The van der Waals surface area contributed by atoms with Crippen molar-refractivity contribution >= 4 is 11.8 Å². The standard InChI is InChI=1S/C21H26N2O3/c1-5-26-18-12-6-15(7-13-18)14-19(24)22-23-20(25)16-8-10-17(11-9-16)21(2,3)4/h6-13H,5,14H2,1-4H3,(H,22,24)(H,23,25). The molecule has 0 saturated carbocycles. The van der Waals surface area contributed by atoms with E-state index in [-0.39, 0.29) is 23.7 Å². The van der Waals surface area contributed by atoms with Crippen molar-refractivity contribution in [1.29, 1.82) is 0 Å². The van der Waals surface area contributed by atoms with Gasteiger partial charge >= 0.3 is 0 Å². The lowest BCUT2D eigenvalue weighted by Gasteiger charge is -2.19. The Kier molecular flexibility index (Phi) is 6.39. The zero-order valence-corrected chi connectivity index (χ0v) is 15.8. The van der Waals surface area contributed by atoms with Crippen LogP contribution in [0, 0.1) is 0 Å². The largest absolute Gasteiger partial charge is 0.494 e. The van der Waals surface area contributed by atoms with Crippen molar-refractivity contribution in [2.45, 2.75) is 39.5 Å². The summed E-state index contributed by atoms with van der Waals surface area (Å²) in [5.74, 6) is 0.142. The number of hydrogen-bond acceptors (Lipinski definition) is 3. The molecule has 0 aliphatic heterocycles. The second-order valence-corrected chi connectivity index (χ2v) is 7.08. The molecule has 0 fully saturated rings. The Morgan fingerprint density at radius 2 is 1.54 bits per heavy atom. The third-order valence-corrected chi connectivity index (χ3v) is 3.93. The van der Waals surface area contributed by atoms with Crippen LogP contribution in [0.5, 0.6) is 5.75 Å². The van der Waals surface area contributed by atoms with Crippen molar-refractivity contribution in [3.63, 3.8) is 0 Å². The van der Waals surface area contributed by atoms with Gasteiger partial charge in [0.1, 0.15) is 5.75 Å². The topological polar surface area (TPSA) is 67.4 Å². The van der Waals surface area contributed by atoms with Gasteiger partial charge in [0.2, 0.25) is 5.91 Å². The van der Waals surface area contributed by atoms with E-state index in [9.17, 15) is 9.59 Å². The summed E-state index contributed by atoms with van der Waals surface area (Å²) in [6, 6.07) is 14.7. The number of carbonyl (C=O) groups is 2. The predicted octanol–water partition coefficient (Wildman–Crippen LogP) is 3.39. The van der Waals surface area contributed by atoms with Gasteiger partial charge in [0, 0.05) is 5.56 Å². The first-order valence-corrected chi connectivity index (χ1v) is 8.71. The monoisotopic (exact) mass is 354 g/mol. The number of hydrazine groups is 1. The summed E-state index contributed by atoms with van der Waals surface area (Å²) in [5, 5.41) is 0.